The van der Waals surface area contributed by atoms with E-state index < -0.39 is 12.2 Å². The second-order valence-electron chi connectivity index (χ2n) is 9.07. The van der Waals surface area contributed by atoms with Crippen LogP contribution in [0.3, 0.4) is 0 Å². The van der Waals surface area contributed by atoms with E-state index in [-0.39, 0.29) is 30.1 Å². The molecule has 2 aromatic heterocycles. The first-order valence-electron chi connectivity index (χ1n) is 10.1. The van der Waals surface area contributed by atoms with Gasteiger partial charge in [0.2, 0.25) is 0 Å². The van der Waals surface area contributed by atoms with Gasteiger partial charge in [0, 0.05) is 12.6 Å². The van der Waals surface area contributed by atoms with Gasteiger partial charge in [-0.3, -0.25) is 0 Å². The molecule has 1 saturated carbocycles. The first-order chi connectivity index (χ1) is 14.2. The molecule has 8 nitrogen and oxygen atoms in total. The van der Waals surface area contributed by atoms with Gasteiger partial charge in [0.15, 0.2) is 13.2 Å². The molecule has 8 heteroatoms. The number of hydrogen-bond donors (Lipinski definition) is 2. The van der Waals surface area contributed by atoms with E-state index in [9.17, 15) is 9.59 Å². The first-order valence-corrected chi connectivity index (χ1v) is 10.1. The van der Waals surface area contributed by atoms with Crippen LogP contribution in [0.25, 0.3) is 0 Å². The summed E-state index contributed by atoms with van der Waals surface area (Å²) in [5.41, 5.74) is -0.184. The van der Waals surface area contributed by atoms with Gasteiger partial charge in [-0.1, -0.05) is 20.8 Å². The van der Waals surface area contributed by atoms with Crippen molar-refractivity contribution in [3.63, 3.8) is 0 Å². The topological polar surface area (TPSA) is 103 Å². The van der Waals surface area contributed by atoms with Crippen LogP contribution in [-0.2, 0) is 22.7 Å². The summed E-state index contributed by atoms with van der Waals surface area (Å²) in [6.45, 7) is 7.09. The largest absolute Gasteiger partial charge is 0.466 e. The van der Waals surface area contributed by atoms with Gasteiger partial charge in [-0.15, -0.1) is 0 Å². The minimum absolute atomic E-state index is 0.00567. The Kier molecular flexibility index (Phi) is 6.74. The van der Waals surface area contributed by atoms with Crippen LogP contribution >= 0.6 is 0 Å². The zero-order chi connectivity index (χ0) is 21.6. The number of amides is 2. The second kappa shape index (κ2) is 9.28. The predicted octanol–water partition coefficient (Wildman–Crippen LogP) is 4.61. The molecule has 2 heterocycles. The molecule has 0 aromatic carbocycles. The Hall–Kier alpha value is -2.90. The van der Waals surface area contributed by atoms with Crippen LogP contribution < -0.4 is 10.6 Å². The minimum atomic E-state index is -0.488. The smallest absolute Gasteiger partial charge is 0.407 e. The highest BCUT2D eigenvalue weighted by Crippen LogP contribution is 2.45. The fourth-order valence-corrected chi connectivity index (χ4v) is 4.48. The standard InChI is InChI=1S/C22H30N2O6/c1-21(2)10-16(24-20(26)30-13-18-7-5-9-28-18)11-22(3,14-21)15-23-19(25)29-12-17-6-4-8-27-17/h4-9,16H,10-15H2,1-3H3,(H,23,25)(H,24,26). The molecule has 0 aliphatic heterocycles. The van der Waals surface area contributed by atoms with Crippen LogP contribution in [0, 0.1) is 10.8 Å². The quantitative estimate of drug-likeness (QED) is 0.681. The van der Waals surface area contributed by atoms with Crippen molar-refractivity contribution in [3.05, 3.63) is 48.3 Å². The van der Waals surface area contributed by atoms with Gasteiger partial charge in [0.25, 0.3) is 0 Å². The molecule has 2 atom stereocenters. The molecule has 0 radical (unpaired) electrons. The summed E-state index contributed by atoms with van der Waals surface area (Å²) < 4.78 is 20.8. The molecule has 2 unspecified atom stereocenters. The molecule has 1 aliphatic carbocycles. The molecule has 0 spiro atoms. The van der Waals surface area contributed by atoms with E-state index in [1.165, 1.54) is 12.5 Å². The van der Waals surface area contributed by atoms with Gasteiger partial charge in [-0.2, -0.15) is 0 Å². The zero-order valence-corrected chi connectivity index (χ0v) is 17.7. The summed E-state index contributed by atoms with van der Waals surface area (Å²) in [5.74, 6) is 1.18. The Morgan fingerprint density at radius 3 is 2.17 bits per heavy atom. The Balaban J connectivity index is 1.48. The molecular weight excluding hydrogens is 388 g/mol. The maximum absolute atomic E-state index is 12.2. The molecule has 2 aromatic rings. The number of alkyl carbamates (subject to hydrolysis) is 2. The van der Waals surface area contributed by atoms with Crippen molar-refractivity contribution < 1.29 is 27.9 Å². The number of carbonyl (C=O) groups is 2. The van der Waals surface area contributed by atoms with Gasteiger partial charge in [-0.05, 0) is 54.4 Å². The van der Waals surface area contributed by atoms with Crippen molar-refractivity contribution in [1.82, 2.24) is 10.6 Å². The Labute approximate surface area is 176 Å². The molecule has 30 heavy (non-hydrogen) atoms. The van der Waals surface area contributed by atoms with Gasteiger partial charge in [0.1, 0.15) is 11.5 Å². The number of hydrogen-bond acceptors (Lipinski definition) is 6. The average Bonchev–Trinajstić information content (AvgIpc) is 3.35. The van der Waals surface area contributed by atoms with Crippen LogP contribution in [-0.4, -0.2) is 24.8 Å². The maximum Gasteiger partial charge on any atom is 0.407 e. The lowest BCUT2D eigenvalue weighted by atomic mass is 9.62. The van der Waals surface area contributed by atoms with E-state index in [2.05, 4.69) is 31.4 Å². The molecule has 3 rings (SSSR count). The molecule has 164 valence electrons. The first kappa shape index (κ1) is 21.8. The van der Waals surface area contributed by atoms with Gasteiger partial charge >= 0.3 is 12.2 Å². The summed E-state index contributed by atoms with van der Waals surface area (Å²) in [6, 6.07) is 6.95. The number of ether oxygens (including phenoxy) is 2. The molecule has 2 N–H and O–H groups in total. The van der Waals surface area contributed by atoms with Crippen LogP contribution in [0.5, 0.6) is 0 Å². The third kappa shape index (κ3) is 6.57. The Bertz CT molecular complexity index is 815. The van der Waals surface area contributed by atoms with Crippen molar-refractivity contribution in [2.45, 2.75) is 59.3 Å². The Morgan fingerprint density at radius 2 is 1.60 bits per heavy atom. The molecule has 1 fully saturated rings. The summed E-state index contributed by atoms with van der Waals surface area (Å²) >= 11 is 0. The summed E-state index contributed by atoms with van der Waals surface area (Å²) in [7, 11) is 0. The van der Waals surface area contributed by atoms with E-state index in [1.807, 2.05) is 0 Å². The van der Waals surface area contributed by atoms with Crippen molar-refractivity contribution in [3.8, 4) is 0 Å². The van der Waals surface area contributed by atoms with Gasteiger partial charge < -0.3 is 28.9 Å². The lowest BCUT2D eigenvalue weighted by molar-refractivity contribution is 0.0596. The fraction of sp³-hybridized carbons (Fsp3) is 0.545. The van der Waals surface area contributed by atoms with E-state index >= 15 is 0 Å². The van der Waals surface area contributed by atoms with Crippen LogP contribution in [0.1, 0.15) is 51.6 Å². The summed E-state index contributed by atoms with van der Waals surface area (Å²) in [4.78, 5) is 24.3. The average molecular weight is 418 g/mol. The zero-order valence-electron chi connectivity index (χ0n) is 17.7. The highest BCUT2D eigenvalue weighted by Gasteiger charge is 2.42. The van der Waals surface area contributed by atoms with E-state index in [0.717, 1.165) is 19.3 Å². The monoisotopic (exact) mass is 418 g/mol. The molecular formula is C22H30N2O6. The molecule has 0 saturated heterocycles. The lowest BCUT2D eigenvalue weighted by Gasteiger charge is -2.46. The lowest BCUT2D eigenvalue weighted by Crippen LogP contribution is -2.50. The molecule has 2 amide bonds. The van der Waals surface area contributed by atoms with Gasteiger partial charge in [0.05, 0.1) is 12.5 Å². The number of furan rings is 2. The van der Waals surface area contributed by atoms with E-state index in [4.69, 9.17) is 18.3 Å². The highest BCUT2D eigenvalue weighted by molar-refractivity contribution is 5.68. The molecule has 0 bridgehead atoms. The fourth-order valence-electron chi connectivity index (χ4n) is 4.48. The number of rotatable bonds is 7. The third-order valence-electron chi connectivity index (χ3n) is 5.28. The second-order valence-corrected chi connectivity index (χ2v) is 9.07. The Morgan fingerprint density at radius 1 is 1.00 bits per heavy atom. The van der Waals surface area contributed by atoms with E-state index in [1.54, 1.807) is 24.3 Å². The normalized spacial score (nSPS) is 22.8. The maximum atomic E-state index is 12.2. The van der Waals surface area contributed by atoms with Crippen LogP contribution in [0.15, 0.2) is 45.6 Å². The number of carbonyl (C=O) groups excluding carboxylic acids is 2. The van der Waals surface area contributed by atoms with Crippen molar-refractivity contribution in [1.29, 1.82) is 0 Å². The highest BCUT2D eigenvalue weighted by atomic mass is 16.6. The van der Waals surface area contributed by atoms with Crippen LogP contribution in [0.4, 0.5) is 9.59 Å². The minimum Gasteiger partial charge on any atom is -0.466 e. The van der Waals surface area contributed by atoms with Crippen LogP contribution in [0.2, 0.25) is 0 Å². The summed E-state index contributed by atoms with van der Waals surface area (Å²) in [5, 5.41) is 5.82. The van der Waals surface area contributed by atoms with Crippen molar-refractivity contribution >= 4 is 12.2 Å². The predicted molar refractivity (Wildman–Crippen MR) is 108 cm³/mol. The van der Waals surface area contributed by atoms with Crippen molar-refractivity contribution in [2.24, 2.45) is 10.8 Å². The van der Waals surface area contributed by atoms with Gasteiger partial charge in [-0.25, -0.2) is 9.59 Å². The van der Waals surface area contributed by atoms with E-state index in [0.29, 0.717) is 18.1 Å². The SMILES string of the molecule is CC1(C)CC(NC(=O)OCc2ccco2)CC(C)(CNC(=O)OCc2ccco2)C1. The third-order valence-corrected chi connectivity index (χ3v) is 5.28. The molecule has 1 aliphatic rings. The van der Waals surface area contributed by atoms with Crippen molar-refractivity contribution in [2.75, 3.05) is 6.54 Å². The summed E-state index contributed by atoms with van der Waals surface area (Å²) in [6.07, 6.45) is 4.59. The number of nitrogens with one attached hydrogen (secondary N) is 2.